The molecule has 1 aromatic carbocycles. The number of rotatable bonds is 3. The monoisotopic (exact) mass is 272 g/mol. The minimum atomic E-state index is 0.325. The van der Waals surface area contributed by atoms with Crippen LogP contribution in [0.1, 0.15) is 44.7 Å². The number of likely N-dealkylation sites (N-methyl/N-ethyl adjacent to an activating group) is 1. The molecule has 0 aromatic heterocycles. The maximum absolute atomic E-state index is 2.71. The fraction of sp³-hybridized carbons (Fsp3) is 0.667. The SMILES string of the molecule is CCc1ccc2c(c1)N(C1(C)CCCN(CC)C1)CC2. The molecule has 0 radical (unpaired) electrons. The van der Waals surface area contributed by atoms with Gasteiger partial charge in [-0.3, -0.25) is 0 Å². The van der Waals surface area contributed by atoms with Crippen molar-refractivity contribution in [2.45, 2.75) is 52.0 Å². The normalized spacial score (nSPS) is 26.9. The van der Waals surface area contributed by atoms with Crippen LogP contribution < -0.4 is 4.90 Å². The van der Waals surface area contributed by atoms with E-state index < -0.39 is 0 Å². The Morgan fingerprint density at radius 1 is 1.20 bits per heavy atom. The van der Waals surface area contributed by atoms with Crippen molar-refractivity contribution in [2.24, 2.45) is 0 Å². The van der Waals surface area contributed by atoms with E-state index in [4.69, 9.17) is 0 Å². The standard InChI is InChI=1S/C18H28N2/c1-4-15-7-8-16-9-12-20(17(16)13-15)18(3)10-6-11-19(5-2)14-18/h7-8,13H,4-6,9-12,14H2,1-3H3. The van der Waals surface area contributed by atoms with Crippen LogP contribution >= 0.6 is 0 Å². The van der Waals surface area contributed by atoms with E-state index in [0.29, 0.717) is 5.54 Å². The second-order valence-corrected chi connectivity index (χ2v) is 6.69. The van der Waals surface area contributed by atoms with E-state index in [2.05, 4.69) is 48.8 Å². The predicted octanol–water partition coefficient (Wildman–Crippen LogP) is 3.49. The summed E-state index contributed by atoms with van der Waals surface area (Å²) in [5, 5.41) is 0. The van der Waals surface area contributed by atoms with Gasteiger partial charge < -0.3 is 9.80 Å². The third-order valence-electron chi connectivity index (χ3n) is 5.31. The molecule has 2 nitrogen and oxygen atoms in total. The maximum atomic E-state index is 2.71. The summed E-state index contributed by atoms with van der Waals surface area (Å²) in [4.78, 5) is 5.33. The van der Waals surface area contributed by atoms with Gasteiger partial charge in [0.05, 0.1) is 5.54 Å². The first-order valence-electron chi connectivity index (χ1n) is 8.28. The summed E-state index contributed by atoms with van der Waals surface area (Å²) >= 11 is 0. The summed E-state index contributed by atoms with van der Waals surface area (Å²) in [6, 6.07) is 7.11. The highest BCUT2D eigenvalue weighted by molar-refractivity contribution is 5.61. The van der Waals surface area contributed by atoms with Crippen LogP contribution in [0, 0.1) is 0 Å². The molecule has 0 bridgehead atoms. The van der Waals surface area contributed by atoms with Gasteiger partial charge in [-0.15, -0.1) is 0 Å². The topological polar surface area (TPSA) is 6.48 Å². The summed E-state index contributed by atoms with van der Waals surface area (Å²) in [5.41, 5.74) is 4.87. The van der Waals surface area contributed by atoms with Crippen LogP contribution in [-0.2, 0) is 12.8 Å². The zero-order chi connectivity index (χ0) is 14.2. The molecule has 0 saturated carbocycles. The molecule has 0 N–H and O–H groups in total. The summed E-state index contributed by atoms with van der Waals surface area (Å²) in [6.07, 6.45) is 5.03. The van der Waals surface area contributed by atoms with Crippen LogP contribution in [0.15, 0.2) is 18.2 Å². The average molecular weight is 272 g/mol. The molecule has 1 atom stereocenters. The van der Waals surface area contributed by atoms with Crippen molar-refractivity contribution in [3.63, 3.8) is 0 Å². The second-order valence-electron chi connectivity index (χ2n) is 6.69. The Bertz CT molecular complexity index is 482. The van der Waals surface area contributed by atoms with Crippen molar-refractivity contribution in [3.8, 4) is 0 Å². The number of hydrogen-bond donors (Lipinski definition) is 0. The van der Waals surface area contributed by atoms with Gasteiger partial charge in [0.2, 0.25) is 0 Å². The van der Waals surface area contributed by atoms with Gasteiger partial charge in [-0.1, -0.05) is 26.0 Å². The first-order chi connectivity index (χ1) is 9.66. The Balaban J connectivity index is 1.89. The van der Waals surface area contributed by atoms with Crippen molar-refractivity contribution in [3.05, 3.63) is 29.3 Å². The molecule has 0 amide bonds. The Kier molecular flexibility index (Phi) is 3.76. The van der Waals surface area contributed by atoms with E-state index in [-0.39, 0.29) is 0 Å². The molecule has 2 aliphatic heterocycles. The first kappa shape index (κ1) is 13.9. The molecular weight excluding hydrogens is 244 g/mol. The van der Waals surface area contributed by atoms with Gasteiger partial charge in [0, 0.05) is 18.8 Å². The van der Waals surface area contributed by atoms with Crippen molar-refractivity contribution in [1.82, 2.24) is 4.90 Å². The lowest BCUT2D eigenvalue weighted by atomic mass is 9.89. The lowest BCUT2D eigenvalue weighted by Gasteiger charge is -2.47. The maximum Gasteiger partial charge on any atom is 0.0501 e. The molecule has 20 heavy (non-hydrogen) atoms. The van der Waals surface area contributed by atoms with Gasteiger partial charge in [-0.2, -0.15) is 0 Å². The molecule has 1 saturated heterocycles. The van der Waals surface area contributed by atoms with Gasteiger partial charge >= 0.3 is 0 Å². The largest absolute Gasteiger partial charge is 0.364 e. The van der Waals surface area contributed by atoms with Gasteiger partial charge in [0.15, 0.2) is 0 Å². The van der Waals surface area contributed by atoms with Crippen molar-refractivity contribution in [1.29, 1.82) is 0 Å². The Morgan fingerprint density at radius 2 is 2.05 bits per heavy atom. The summed E-state index contributed by atoms with van der Waals surface area (Å²) in [5.74, 6) is 0. The fourth-order valence-corrected chi connectivity index (χ4v) is 4.02. The molecule has 3 rings (SSSR count). The summed E-state index contributed by atoms with van der Waals surface area (Å²) in [7, 11) is 0. The molecule has 0 aliphatic carbocycles. The molecule has 2 aliphatic rings. The summed E-state index contributed by atoms with van der Waals surface area (Å²) in [6.45, 7) is 11.9. The lowest BCUT2D eigenvalue weighted by Crippen LogP contribution is -2.56. The quantitative estimate of drug-likeness (QED) is 0.831. The van der Waals surface area contributed by atoms with Crippen LogP contribution in [0.5, 0.6) is 0 Å². The van der Waals surface area contributed by atoms with Crippen LogP contribution in [-0.4, -0.2) is 36.6 Å². The Hall–Kier alpha value is -1.02. The second kappa shape index (κ2) is 5.40. The number of nitrogens with zero attached hydrogens (tertiary/aromatic N) is 2. The van der Waals surface area contributed by atoms with Crippen LogP contribution in [0.25, 0.3) is 0 Å². The Morgan fingerprint density at radius 3 is 2.80 bits per heavy atom. The minimum Gasteiger partial charge on any atom is -0.364 e. The van der Waals surface area contributed by atoms with Crippen molar-refractivity contribution in [2.75, 3.05) is 31.1 Å². The highest BCUT2D eigenvalue weighted by atomic mass is 15.3. The van der Waals surface area contributed by atoms with Gasteiger partial charge in [0.25, 0.3) is 0 Å². The zero-order valence-electron chi connectivity index (χ0n) is 13.3. The number of anilines is 1. The number of fused-ring (bicyclic) bond motifs is 1. The lowest BCUT2D eigenvalue weighted by molar-refractivity contribution is 0.161. The molecule has 1 fully saturated rings. The fourth-order valence-electron chi connectivity index (χ4n) is 4.02. The van der Waals surface area contributed by atoms with E-state index in [1.807, 2.05) is 0 Å². The van der Waals surface area contributed by atoms with Crippen LogP contribution in [0.4, 0.5) is 5.69 Å². The van der Waals surface area contributed by atoms with E-state index in [0.717, 1.165) is 6.42 Å². The van der Waals surface area contributed by atoms with E-state index in [1.54, 1.807) is 5.56 Å². The van der Waals surface area contributed by atoms with E-state index in [9.17, 15) is 0 Å². The molecule has 0 spiro atoms. The molecule has 1 aromatic rings. The number of likely N-dealkylation sites (tertiary alicyclic amines) is 1. The number of aryl methyl sites for hydroxylation is 1. The molecule has 1 unspecified atom stereocenters. The zero-order valence-corrected chi connectivity index (χ0v) is 13.3. The van der Waals surface area contributed by atoms with Crippen molar-refractivity contribution >= 4 is 5.69 Å². The minimum absolute atomic E-state index is 0.325. The van der Waals surface area contributed by atoms with Gasteiger partial charge in [-0.05, 0) is 62.9 Å². The van der Waals surface area contributed by atoms with Crippen molar-refractivity contribution < 1.29 is 0 Å². The number of piperidine rings is 1. The van der Waals surface area contributed by atoms with E-state index >= 15 is 0 Å². The van der Waals surface area contributed by atoms with E-state index in [1.165, 1.54) is 56.7 Å². The van der Waals surface area contributed by atoms with Gasteiger partial charge in [-0.25, -0.2) is 0 Å². The first-order valence-corrected chi connectivity index (χ1v) is 8.28. The molecule has 2 heterocycles. The average Bonchev–Trinajstić information content (AvgIpc) is 2.90. The van der Waals surface area contributed by atoms with Crippen LogP contribution in [0.2, 0.25) is 0 Å². The highest BCUT2D eigenvalue weighted by Crippen LogP contribution is 2.38. The molecule has 110 valence electrons. The third kappa shape index (κ3) is 2.35. The predicted molar refractivity (Wildman–Crippen MR) is 86.6 cm³/mol. The smallest absolute Gasteiger partial charge is 0.0501 e. The Labute approximate surface area is 123 Å². The molecule has 2 heteroatoms. The highest BCUT2D eigenvalue weighted by Gasteiger charge is 2.38. The third-order valence-corrected chi connectivity index (χ3v) is 5.31. The number of benzene rings is 1. The number of hydrogen-bond acceptors (Lipinski definition) is 2. The van der Waals surface area contributed by atoms with Gasteiger partial charge in [0.1, 0.15) is 0 Å². The molecular formula is C18H28N2. The summed E-state index contributed by atoms with van der Waals surface area (Å²) < 4.78 is 0. The van der Waals surface area contributed by atoms with Crippen LogP contribution in [0.3, 0.4) is 0 Å².